The normalized spacial score (nSPS) is 13.3. The zero-order valence-electron chi connectivity index (χ0n) is 8.31. The molecule has 0 radical (unpaired) electrons. The van der Waals surface area contributed by atoms with Gasteiger partial charge >= 0.3 is 0 Å². The monoisotopic (exact) mass is 269 g/mol. The van der Waals surface area contributed by atoms with Crippen molar-refractivity contribution in [2.45, 2.75) is 13.0 Å². The second-order valence-electron chi connectivity index (χ2n) is 3.51. The Hall–Kier alpha value is -0.910. The van der Waals surface area contributed by atoms with E-state index in [4.69, 9.17) is 10.8 Å². The zero-order chi connectivity index (χ0) is 11.0. The zero-order valence-corrected chi connectivity index (χ0v) is 9.90. The Kier molecular flexibility index (Phi) is 2.77. The van der Waals surface area contributed by atoms with Crippen molar-refractivity contribution < 1.29 is 5.11 Å². The van der Waals surface area contributed by atoms with Crippen molar-refractivity contribution in [1.29, 1.82) is 0 Å². The van der Waals surface area contributed by atoms with E-state index in [-0.39, 0.29) is 6.61 Å². The van der Waals surface area contributed by atoms with Gasteiger partial charge in [-0.25, -0.2) is 4.98 Å². The van der Waals surface area contributed by atoms with Crippen LogP contribution in [0.3, 0.4) is 0 Å². The lowest BCUT2D eigenvalue weighted by molar-refractivity contribution is 0.266. The summed E-state index contributed by atoms with van der Waals surface area (Å²) in [5.74, 6) is 0. The first-order chi connectivity index (χ1) is 7.13. The summed E-state index contributed by atoms with van der Waals surface area (Å²) >= 11 is 3.44. The molecule has 0 saturated carbocycles. The van der Waals surface area contributed by atoms with Crippen LogP contribution in [-0.4, -0.2) is 21.1 Å². The van der Waals surface area contributed by atoms with Gasteiger partial charge in [-0.1, -0.05) is 6.07 Å². The molecule has 0 aliphatic carbocycles. The van der Waals surface area contributed by atoms with Crippen LogP contribution in [0.1, 0.15) is 17.3 Å². The molecule has 0 fully saturated rings. The van der Waals surface area contributed by atoms with Crippen LogP contribution in [0, 0.1) is 6.92 Å². The fourth-order valence-corrected chi connectivity index (χ4v) is 2.13. The molecule has 2 rings (SSSR count). The van der Waals surface area contributed by atoms with Gasteiger partial charge in [0.2, 0.25) is 0 Å². The molecule has 0 aromatic carbocycles. The predicted octanol–water partition coefficient (Wildman–Crippen LogP) is 1.40. The molecule has 0 saturated heterocycles. The SMILES string of the molecule is Cc1ccc2nc(C(N)CO)c(Br)n2c1. The summed E-state index contributed by atoms with van der Waals surface area (Å²) in [6.07, 6.45) is 1.97. The number of nitrogens with zero attached hydrogens (tertiary/aromatic N) is 2. The maximum absolute atomic E-state index is 9.00. The Bertz CT molecular complexity index is 495. The molecule has 0 aliphatic rings. The minimum absolute atomic E-state index is 0.110. The molecule has 2 heterocycles. The summed E-state index contributed by atoms with van der Waals surface area (Å²) in [7, 11) is 0. The first-order valence-electron chi connectivity index (χ1n) is 4.64. The molecular formula is C10H12BrN3O. The lowest BCUT2D eigenvalue weighted by Crippen LogP contribution is -2.15. The third-order valence-corrected chi connectivity index (χ3v) is 3.07. The maximum atomic E-state index is 9.00. The second kappa shape index (κ2) is 3.92. The minimum atomic E-state index is -0.445. The van der Waals surface area contributed by atoms with E-state index in [1.807, 2.05) is 29.7 Å². The van der Waals surface area contributed by atoms with Crippen LogP contribution in [0.25, 0.3) is 5.65 Å². The highest BCUT2D eigenvalue weighted by Crippen LogP contribution is 2.23. The fourth-order valence-electron chi connectivity index (χ4n) is 1.46. The molecule has 2 aromatic heterocycles. The first kappa shape index (κ1) is 10.6. The number of nitrogens with two attached hydrogens (primary N) is 1. The molecule has 80 valence electrons. The summed E-state index contributed by atoms with van der Waals surface area (Å²) in [5.41, 5.74) is 8.39. The van der Waals surface area contributed by atoms with Crippen molar-refractivity contribution >= 4 is 21.6 Å². The molecule has 5 heteroatoms. The van der Waals surface area contributed by atoms with E-state index in [1.165, 1.54) is 0 Å². The molecule has 0 amide bonds. The lowest BCUT2D eigenvalue weighted by Gasteiger charge is -2.04. The van der Waals surface area contributed by atoms with Crippen LogP contribution in [0.4, 0.5) is 0 Å². The Morgan fingerprint density at radius 2 is 2.33 bits per heavy atom. The number of aryl methyl sites for hydroxylation is 1. The number of hydrogen-bond acceptors (Lipinski definition) is 3. The van der Waals surface area contributed by atoms with Gasteiger partial charge < -0.3 is 10.8 Å². The van der Waals surface area contributed by atoms with Gasteiger partial charge in [0.15, 0.2) is 0 Å². The third kappa shape index (κ3) is 1.78. The van der Waals surface area contributed by atoms with Gasteiger partial charge in [0.05, 0.1) is 18.3 Å². The molecule has 3 N–H and O–H groups in total. The summed E-state index contributed by atoms with van der Waals surface area (Å²) in [6.45, 7) is 1.90. The van der Waals surface area contributed by atoms with Gasteiger partial charge in [0.1, 0.15) is 10.3 Å². The highest BCUT2D eigenvalue weighted by atomic mass is 79.9. The number of hydrogen-bond donors (Lipinski definition) is 2. The van der Waals surface area contributed by atoms with Crippen LogP contribution in [0.15, 0.2) is 22.9 Å². The van der Waals surface area contributed by atoms with Gasteiger partial charge in [-0.15, -0.1) is 0 Å². The molecular weight excluding hydrogens is 258 g/mol. The van der Waals surface area contributed by atoms with Crippen LogP contribution in [0.5, 0.6) is 0 Å². The summed E-state index contributed by atoms with van der Waals surface area (Å²) < 4.78 is 2.72. The number of fused-ring (bicyclic) bond motifs is 1. The standard InChI is InChI=1S/C10H12BrN3O/c1-6-2-3-8-13-9(7(12)5-15)10(11)14(8)4-6/h2-4,7,15H,5,12H2,1H3. The van der Waals surface area contributed by atoms with E-state index < -0.39 is 6.04 Å². The molecule has 15 heavy (non-hydrogen) atoms. The number of aliphatic hydroxyl groups excluding tert-OH is 1. The second-order valence-corrected chi connectivity index (χ2v) is 4.26. The molecule has 1 atom stereocenters. The quantitative estimate of drug-likeness (QED) is 0.867. The van der Waals surface area contributed by atoms with E-state index in [2.05, 4.69) is 20.9 Å². The van der Waals surface area contributed by atoms with Crippen LogP contribution >= 0.6 is 15.9 Å². The highest BCUT2D eigenvalue weighted by Gasteiger charge is 2.15. The van der Waals surface area contributed by atoms with Crippen LogP contribution < -0.4 is 5.73 Å². The van der Waals surface area contributed by atoms with Crippen molar-refractivity contribution in [2.24, 2.45) is 5.73 Å². The smallest absolute Gasteiger partial charge is 0.138 e. The number of pyridine rings is 1. The summed E-state index contributed by atoms with van der Waals surface area (Å²) in [4.78, 5) is 4.36. The minimum Gasteiger partial charge on any atom is -0.394 e. The molecule has 2 aromatic rings. The number of imidazole rings is 1. The third-order valence-electron chi connectivity index (χ3n) is 2.28. The number of aliphatic hydroxyl groups is 1. The van der Waals surface area contributed by atoms with Gasteiger partial charge in [0.25, 0.3) is 0 Å². The Morgan fingerprint density at radius 3 is 3.00 bits per heavy atom. The number of halogens is 1. The number of aromatic nitrogens is 2. The number of rotatable bonds is 2. The van der Waals surface area contributed by atoms with Gasteiger partial charge in [-0.3, -0.25) is 4.40 Å². The summed E-state index contributed by atoms with van der Waals surface area (Å²) in [5, 5.41) is 9.00. The van der Waals surface area contributed by atoms with E-state index >= 15 is 0 Å². The molecule has 0 spiro atoms. The Labute approximate surface area is 95.9 Å². The molecule has 0 bridgehead atoms. The molecule has 1 unspecified atom stereocenters. The molecule has 4 nitrogen and oxygen atoms in total. The average Bonchev–Trinajstić information content (AvgIpc) is 2.55. The van der Waals surface area contributed by atoms with Crippen molar-refractivity contribution in [2.75, 3.05) is 6.61 Å². The van der Waals surface area contributed by atoms with Crippen LogP contribution in [-0.2, 0) is 0 Å². The van der Waals surface area contributed by atoms with E-state index in [9.17, 15) is 0 Å². The average molecular weight is 270 g/mol. The maximum Gasteiger partial charge on any atom is 0.138 e. The van der Waals surface area contributed by atoms with Crippen molar-refractivity contribution in [3.63, 3.8) is 0 Å². The topological polar surface area (TPSA) is 63.5 Å². The van der Waals surface area contributed by atoms with E-state index in [0.29, 0.717) is 5.69 Å². The molecule has 0 aliphatic heterocycles. The van der Waals surface area contributed by atoms with E-state index in [0.717, 1.165) is 15.8 Å². The van der Waals surface area contributed by atoms with E-state index in [1.54, 1.807) is 0 Å². The van der Waals surface area contributed by atoms with Crippen LogP contribution in [0.2, 0.25) is 0 Å². The first-order valence-corrected chi connectivity index (χ1v) is 5.43. The summed E-state index contributed by atoms with van der Waals surface area (Å²) in [6, 6.07) is 3.47. The highest BCUT2D eigenvalue weighted by molar-refractivity contribution is 9.10. The van der Waals surface area contributed by atoms with Gasteiger partial charge in [0, 0.05) is 6.20 Å². The van der Waals surface area contributed by atoms with Crippen molar-refractivity contribution in [1.82, 2.24) is 9.38 Å². The van der Waals surface area contributed by atoms with Crippen molar-refractivity contribution in [3.05, 3.63) is 34.2 Å². The van der Waals surface area contributed by atoms with Gasteiger partial charge in [-0.05, 0) is 34.5 Å². The Morgan fingerprint density at radius 1 is 1.60 bits per heavy atom. The van der Waals surface area contributed by atoms with Crippen molar-refractivity contribution in [3.8, 4) is 0 Å². The van der Waals surface area contributed by atoms with Gasteiger partial charge in [-0.2, -0.15) is 0 Å². The lowest BCUT2D eigenvalue weighted by atomic mass is 10.2. The largest absolute Gasteiger partial charge is 0.394 e. The predicted molar refractivity (Wildman–Crippen MR) is 61.6 cm³/mol. The Balaban J connectivity index is 2.64. The fraction of sp³-hybridized carbons (Fsp3) is 0.300.